The third kappa shape index (κ3) is 4.73. The number of nitrogens with one attached hydrogen (secondary N) is 1. The molecule has 5 nitrogen and oxygen atoms in total. The first-order valence-corrected chi connectivity index (χ1v) is 6.98. The first-order chi connectivity index (χ1) is 8.71. The van der Waals surface area contributed by atoms with Crippen molar-refractivity contribution in [2.75, 3.05) is 13.1 Å². The molecular weight excluding hydrogens is 244 g/mol. The van der Waals surface area contributed by atoms with Crippen LogP contribution in [-0.2, 0) is 4.79 Å². The maximum Gasteiger partial charge on any atom is 0.317 e. The first kappa shape index (κ1) is 15.8. The number of aliphatic carboxylic acids is 1. The summed E-state index contributed by atoms with van der Waals surface area (Å²) in [5, 5.41) is 11.2. The molecule has 1 aliphatic rings. The molecular formula is C14H26N2O3. The molecule has 0 aliphatic carbocycles. The maximum atomic E-state index is 12.0. The monoisotopic (exact) mass is 270 g/mol. The molecule has 2 unspecified atom stereocenters. The van der Waals surface area contributed by atoms with E-state index in [1.165, 1.54) is 0 Å². The number of hydrogen-bond acceptors (Lipinski definition) is 2. The number of piperidine rings is 1. The van der Waals surface area contributed by atoms with Gasteiger partial charge in [-0.05, 0) is 31.1 Å². The lowest BCUT2D eigenvalue weighted by Crippen LogP contribution is -2.50. The van der Waals surface area contributed by atoms with Crippen LogP contribution in [0.3, 0.4) is 0 Å². The number of hydrogen-bond donors (Lipinski definition) is 2. The topological polar surface area (TPSA) is 69.6 Å². The van der Waals surface area contributed by atoms with Gasteiger partial charge in [0, 0.05) is 19.1 Å². The van der Waals surface area contributed by atoms with Crippen molar-refractivity contribution in [1.29, 1.82) is 0 Å². The molecule has 2 atom stereocenters. The van der Waals surface area contributed by atoms with Crippen LogP contribution in [-0.4, -0.2) is 41.1 Å². The summed E-state index contributed by atoms with van der Waals surface area (Å²) in [6.45, 7) is 9.74. The van der Waals surface area contributed by atoms with Gasteiger partial charge >= 0.3 is 12.0 Å². The summed E-state index contributed by atoms with van der Waals surface area (Å²) in [5.41, 5.74) is 0.278. The van der Waals surface area contributed by atoms with Gasteiger partial charge in [-0.3, -0.25) is 4.79 Å². The molecule has 0 aromatic heterocycles. The second kappa shape index (κ2) is 6.26. The van der Waals surface area contributed by atoms with Gasteiger partial charge in [0.1, 0.15) is 0 Å². The Hall–Kier alpha value is -1.26. The maximum absolute atomic E-state index is 12.0. The van der Waals surface area contributed by atoms with E-state index in [1.807, 2.05) is 4.90 Å². The Kier molecular flexibility index (Phi) is 5.20. The number of likely N-dealkylation sites (tertiary alicyclic amines) is 1. The number of nitrogens with zero attached hydrogens (tertiary/aromatic N) is 1. The van der Waals surface area contributed by atoms with E-state index in [4.69, 9.17) is 5.11 Å². The van der Waals surface area contributed by atoms with E-state index in [2.05, 4.69) is 33.0 Å². The Morgan fingerprint density at radius 2 is 2.00 bits per heavy atom. The van der Waals surface area contributed by atoms with Crippen LogP contribution in [0.5, 0.6) is 0 Å². The Bertz CT molecular complexity index is 336. The van der Waals surface area contributed by atoms with Gasteiger partial charge in [0.15, 0.2) is 0 Å². The summed E-state index contributed by atoms with van der Waals surface area (Å²) in [4.78, 5) is 24.2. The average molecular weight is 270 g/mol. The Morgan fingerprint density at radius 3 is 2.47 bits per heavy atom. The van der Waals surface area contributed by atoms with Crippen LogP contribution in [0.1, 0.15) is 47.0 Å². The lowest BCUT2D eigenvalue weighted by molar-refractivity contribution is -0.136. The van der Waals surface area contributed by atoms with Gasteiger partial charge in [-0.15, -0.1) is 0 Å². The fourth-order valence-corrected chi connectivity index (χ4v) is 2.64. The van der Waals surface area contributed by atoms with Gasteiger partial charge in [0.2, 0.25) is 0 Å². The van der Waals surface area contributed by atoms with Gasteiger partial charge in [-0.1, -0.05) is 20.8 Å². The number of carbonyl (C=O) groups excluding carboxylic acids is 1. The molecule has 1 fully saturated rings. The van der Waals surface area contributed by atoms with E-state index in [0.29, 0.717) is 5.92 Å². The summed E-state index contributed by atoms with van der Waals surface area (Å²) in [7, 11) is 0. The van der Waals surface area contributed by atoms with Crippen molar-refractivity contribution >= 4 is 12.0 Å². The van der Waals surface area contributed by atoms with E-state index < -0.39 is 5.97 Å². The van der Waals surface area contributed by atoms with Crippen molar-refractivity contribution in [3.05, 3.63) is 0 Å². The number of carboxylic acids is 1. The zero-order valence-electron chi connectivity index (χ0n) is 12.4. The highest BCUT2D eigenvalue weighted by Crippen LogP contribution is 2.36. The molecule has 1 aliphatic heterocycles. The van der Waals surface area contributed by atoms with Crippen molar-refractivity contribution in [3.8, 4) is 0 Å². The Labute approximate surface area is 115 Å². The molecule has 0 aromatic rings. The van der Waals surface area contributed by atoms with Gasteiger partial charge in [0.25, 0.3) is 0 Å². The van der Waals surface area contributed by atoms with Crippen molar-refractivity contribution in [2.24, 2.45) is 11.3 Å². The molecule has 1 heterocycles. The van der Waals surface area contributed by atoms with Gasteiger partial charge in [0.05, 0.1) is 6.42 Å². The molecule has 1 saturated heterocycles. The largest absolute Gasteiger partial charge is 0.481 e. The van der Waals surface area contributed by atoms with Gasteiger partial charge < -0.3 is 15.3 Å². The standard InChI is InChI=1S/C14H26N2O3/c1-10-9-11(14(2,3)4)6-8-16(10)13(19)15-7-5-12(17)18/h10-11H,5-9H2,1-4H3,(H,15,19)(H,17,18). The third-order valence-corrected chi connectivity index (χ3v) is 3.98. The molecule has 0 radical (unpaired) electrons. The van der Waals surface area contributed by atoms with Crippen LogP contribution in [0.15, 0.2) is 0 Å². The first-order valence-electron chi connectivity index (χ1n) is 6.98. The molecule has 2 amide bonds. The van der Waals surface area contributed by atoms with E-state index in [-0.39, 0.29) is 30.5 Å². The molecule has 1 rings (SSSR count). The second-order valence-electron chi connectivity index (χ2n) is 6.51. The van der Waals surface area contributed by atoms with Crippen LogP contribution in [0.4, 0.5) is 4.79 Å². The number of urea groups is 1. The zero-order valence-corrected chi connectivity index (χ0v) is 12.4. The highest BCUT2D eigenvalue weighted by molar-refractivity contribution is 5.75. The highest BCUT2D eigenvalue weighted by Gasteiger charge is 2.34. The SMILES string of the molecule is CC1CC(C(C)(C)C)CCN1C(=O)NCCC(=O)O. The predicted octanol–water partition coefficient (Wildman–Crippen LogP) is 2.32. The smallest absolute Gasteiger partial charge is 0.317 e. The lowest BCUT2D eigenvalue weighted by atomic mass is 9.73. The molecule has 5 heteroatoms. The minimum atomic E-state index is -0.889. The number of carboxylic acid groups (broad SMARTS) is 1. The predicted molar refractivity (Wildman–Crippen MR) is 74.0 cm³/mol. The Morgan fingerprint density at radius 1 is 1.37 bits per heavy atom. The van der Waals surface area contributed by atoms with Gasteiger partial charge in [-0.25, -0.2) is 4.79 Å². The molecule has 110 valence electrons. The number of carbonyl (C=O) groups is 2. The van der Waals surface area contributed by atoms with Crippen LogP contribution in [0, 0.1) is 11.3 Å². The minimum absolute atomic E-state index is 0.0292. The fraction of sp³-hybridized carbons (Fsp3) is 0.857. The Balaban J connectivity index is 2.44. The molecule has 0 aromatic carbocycles. The minimum Gasteiger partial charge on any atom is -0.481 e. The summed E-state index contributed by atoms with van der Waals surface area (Å²) in [6.07, 6.45) is 1.99. The van der Waals surface area contributed by atoms with Crippen LogP contribution in [0.2, 0.25) is 0 Å². The zero-order chi connectivity index (χ0) is 14.6. The van der Waals surface area contributed by atoms with E-state index >= 15 is 0 Å². The molecule has 0 saturated carbocycles. The average Bonchev–Trinajstić information content (AvgIpc) is 2.26. The quantitative estimate of drug-likeness (QED) is 0.827. The summed E-state index contributed by atoms with van der Waals surface area (Å²) < 4.78 is 0. The van der Waals surface area contributed by atoms with Crippen molar-refractivity contribution < 1.29 is 14.7 Å². The van der Waals surface area contributed by atoms with Gasteiger partial charge in [-0.2, -0.15) is 0 Å². The fourth-order valence-electron chi connectivity index (χ4n) is 2.64. The summed E-state index contributed by atoms with van der Waals surface area (Å²) in [5.74, 6) is -0.259. The molecule has 19 heavy (non-hydrogen) atoms. The highest BCUT2D eigenvalue weighted by atomic mass is 16.4. The molecule has 0 spiro atoms. The number of amides is 2. The lowest BCUT2D eigenvalue weighted by Gasteiger charge is -2.42. The van der Waals surface area contributed by atoms with Crippen LogP contribution in [0.25, 0.3) is 0 Å². The summed E-state index contributed by atoms with van der Waals surface area (Å²) in [6, 6.07) is 0.0731. The second-order valence-corrected chi connectivity index (χ2v) is 6.51. The van der Waals surface area contributed by atoms with E-state index in [0.717, 1.165) is 19.4 Å². The van der Waals surface area contributed by atoms with Crippen molar-refractivity contribution in [1.82, 2.24) is 10.2 Å². The normalized spacial score (nSPS) is 24.1. The van der Waals surface area contributed by atoms with Crippen molar-refractivity contribution in [2.45, 2.75) is 53.0 Å². The third-order valence-electron chi connectivity index (χ3n) is 3.98. The van der Waals surface area contributed by atoms with Crippen LogP contribution < -0.4 is 5.32 Å². The number of rotatable bonds is 3. The summed E-state index contributed by atoms with van der Waals surface area (Å²) >= 11 is 0. The molecule has 2 N–H and O–H groups in total. The van der Waals surface area contributed by atoms with Crippen LogP contribution >= 0.6 is 0 Å². The van der Waals surface area contributed by atoms with E-state index in [9.17, 15) is 9.59 Å². The van der Waals surface area contributed by atoms with Crippen molar-refractivity contribution in [3.63, 3.8) is 0 Å². The molecule has 0 bridgehead atoms. The van der Waals surface area contributed by atoms with E-state index in [1.54, 1.807) is 0 Å².